The second-order valence-corrected chi connectivity index (χ2v) is 6.81. The van der Waals surface area contributed by atoms with Crippen molar-refractivity contribution >= 4 is 33.3 Å². The van der Waals surface area contributed by atoms with Crippen molar-refractivity contribution in [3.8, 4) is 0 Å². The van der Waals surface area contributed by atoms with Crippen LogP contribution in [0.3, 0.4) is 0 Å². The first kappa shape index (κ1) is 13.7. The Morgan fingerprint density at radius 1 is 1.37 bits per heavy atom. The van der Waals surface area contributed by atoms with Crippen LogP contribution in [0.25, 0.3) is 0 Å². The highest BCUT2D eigenvalue weighted by molar-refractivity contribution is 9.10. The van der Waals surface area contributed by atoms with E-state index >= 15 is 0 Å². The Morgan fingerprint density at radius 2 is 2.21 bits per heavy atom. The minimum absolute atomic E-state index is 0.528. The van der Waals surface area contributed by atoms with Gasteiger partial charge in [0.15, 0.2) is 0 Å². The number of halogens is 2. The fourth-order valence-electron chi connectivity index (χ4n) is 2.70. The molecule has 1 unspecified atom stereocenters. The Balaban J connectivity index is 1.74. The minimum atomic E-state index is 0.528. The summed E-state index contributed by atoms with van der Waals surface area (Å²) < 4.78 is 0.936. The maximum atomic E-state index is 6.35. The van der Waals surface area contributed by atoms with Crippen LogP contribution in [0.5, 0.6) is 0 Å². The fourth-order valence-corrected chi connectivity index (χ4v) is 3.44. The van der Waals surface area contributed by atoms with Gasteiger partial charge in [-0.15, -0.1) is 0 Å². The third-order valence-corrected chi connectivity index (χ3v) is 4.62. The summed E-state index contributed by atoms with van der Waals surface area (Å²) in [5.74, 6) is 0.937. The fraction of sp³-hybridized carbons (Fsp3) is 0.643. The predicted octanol–water partition coefficient (Wildman–Crippen LogP) is 3.61. The van der Waals surface area contributed by atoms with E-state index in [-0.39, 0.29) is 0 Å². The van der Waals surface area contributed by atoms with E-state index in [0.29, 0.717) is 6.04 Å². The molecule has 5 heteroatoms. The Bertz CT molecular complexity index is 450. The predicted molar refractivity (Wildman–Crippen MR) is 83.0 cm³/mol. The number of anilines is 1. The first-order valence-corrected chi connectivity index (χ1v) is 8.22. The average molecular weight is 345 g/mol. The van der Waals surface area contributed by atoms with Crippen molar-refractivity contribution in [2.45, 2.75) is 44.2 Å². The Morgan fingerprint density at radius 3 is 2.95 bits per heavy atom. The number of aromatic nitrogens is 1. The molecule has 2 fully saturated rings. The van der Waals surface area contributed by atoms with Crippen LogP contribution in [0.2, 0.25) is 5.02 Å². The lowest BCUT2D eigenvalue weighted by atomic mass is 10.0. The second kappa shape index (κ2) is 5.98. The molecule has 3 rings (SSSR count). The monoisotopic (exact) mass is 343 g/mol. The molecule has 1 N–H and O–H groups in total. The molecule has 0 aromatic carbocycles. The molecule has 2 heterocycles. The molecule has 1 aliphatic carbocycles. The molecule has 0 amide bonds. The number of pyridine rings is 1. The van der Waals surface area contributed by atoms with Gasteiger partial charge < -0.3 is 10.2 Å². The molecule has 0 radical (unpaired) electrons. The first-order chi connectivity index (χ1) is 9.24. The summed E-state index contributed by atoms with van der Waals surface area (Å²) in [5.41, 5.74) is 0. The van der Waals surface area contributed by atoms with Gasteiger partial charge in [0.05, 0.1) is 5.02 Å². The molecule has 1 atom stereocenters. The lowest BCUT2D eigenvalue weighted by molar-refractivity contribution is 0.432. The molecule has 0 bridgehead atoms. The first-order valence-electron chi connectivity index (χ1n) is 7.05. The highest BCUT2D eigenvalue weighted by Gasteiger charge is 2.28. The van der Waals surface area contributed by atoms with E-state index in [2.05, 4.69) is 31.1 Å². The average Bonchev–Trinajstić information content (AvgIpc) is 3.21. The van der Waals surface area contributed by atoms with E-state index < -0.39 is 0 Å². The maximum Gasteiger partial charge on any atom is 0.147 e. The molecular weight excluding hydrogens is 326 g/mol. The van der Waals surface area contributed by atoms with Gasteiger partial charge in [0.25, 0.3) is 0 Å². The molecule has 1 saturated carbocycles. The summed E-state index contributed by atoms with van der Waals surface area (Å²) in [5, 5.41) is 4.38. The van der Waals surface area contributed by atoms with Gasteiger partial charge in [-0.3, -0.25) is 0 Å². The molecule has 0 spiro atoms. The highest BCUT2D eigenvalue weighted by Crippen LogP contribution is 2.31. The summed E-state index contributed by atoms with van der Waals surface area (Å²) >= 11 is 9.76. The van der Waals surface area contributed by atoms with E-state index in [1.54, 1.807) is 0 Å². The number of hydrogen-bond acceptors (Lipinski definition) is 3. The van der Waals surface area contributed by atoms with Gasteiger partial charge in [0.1, 0.15) is 5.82 Å². The van der Waals surface area contributed by atoms with Crippen LogP contribution < -0.4 is 10.2 Å². The van der Waals surface area contributed by atoms with Gasteiger partial charge in [-0.05, 0) is 54.1 Å². The molecule has 19 heavy (non-hydrogen) atoms. The van der Waals surface area contributed by atoms with E-state index in [9.17, 15) is 0 Å². The topological polar surface area (TPSA) is 28.2 Å². The summed E-state index contributed by atoms with van der Waals surface area (Å²) in [4.78, 5) is 6.90. The molecule has 2 aliphatic rings. The summed E-state index contributed by atoms with van der Waals surface area (Å²) in [6.07, 6.45) is 8.28. The summed E-state index contributed by atoms with van der Waals surface area (Å²) in [6, 6.07) is 3.22. The third-order valence-electron chi connectivity index (χ3n) is 3.91. The number of nitrogens with one attached hydrogen (secondary N) is 1. The molecular formula is C14H19BrClN3. The maximum absolute atomic E-state index is 6.35. The Labute approximate surface area is 127 Å². The zero-order valence-electron chi connectivity index (χ0n) is 10.9. The van der Waals surface area contributed by atoms with E-state index in [1.807, 2.05) is 12.3 Å². The van der Waals surface area contributed by atoms with Gasteiger partial charge in [0, 0.05) is 35.8 Å². The number of piperidine rings is 1. The number of rotatable bonds is 4. The second-order valence-electron chi connectivity index (χ2n) is 5.48. The highest BCUT2D eigenvalue weighted by atomic mass is 79.9. The van der Waals surface area contributed by atoms with Gasteiger partial charge in [-0.25, -0.2) is 4.98 Å². The quantitative estimate of drug-likeness (QED) is 0.904. The Hall–Kier alpha value is -0.320. The van der Waals surface area contributed by atoms with Gasteiger partial charge in [0.2, 0.25) is 0 Å². The number of hydrogen-bond donors (Lipinski definition) is 1. The summed E-state index contributed by atoms with van der Waals surface area (Å²) in [7, 11) is 0. The standard InChI is InChI=1S/C14H19BrClN3/c15-10-7-13(16)14(18-8-10)19-6-2-1-3-12(19)9-17-11-4-5-11/h7-8,11-12,17H,1-6,9H2. The molecule has 1 saturated heterocycles. The van der Waals surface area contributed by atoms with Crippen molar-refractivity contribution in [3.63, 3.8) is 0 Å². The van der Waals surface area contributed by atoms with Crippen molar-refractivity contribution < 1.29 is 0 Å². The number of nitrogens with zero attached hydrogens (tertiary/aromatic N) is 2. The van der Waals surface area contributed by atoms with Crippen molar-refractivity contribution in [2.24, 2.45) is 0 Å². The molecule has 1 aromatic heterocycles. The van der Waals surface area contributed by atoms with E-state index in [1.165, 1.54) is 32.1 Å². The molecule has 1 aromatic rings. The van der Waals surface area contributed by atoms with E-state index in [0.717, 1.165) is 34.4 Å². The zero-order chi connectivity index (χ0) is 13.2. The van der Waals surface area contributed by atoms with Crippen molar-refractivity contribution in [1.82, 2.24) is 10.3 Å². The van der Waals surface area contributed by atoms with Crippen LogP contribution in [-0.4, -0.2) is 30.2 Å². The molecule has 104 valence electrons. The van der Waals surface area contributed by atoms with Crippen molar-refractivity contribution in [2.75, 3.05) is 18.0 Å². The molecule has 1 aliphatic heterocycles. The van der Waals surface area contributed by atoms with Crippen LogP contribution in [0.1, 0.15) is 32.1 Å². The lowest BCUT2D eigenvalue weighted by Gasteiger charge is -2.37. The summed E-state index contributed by atoms with van der Waals surface area (Å²) in [6.45, 7) is 2.12. The van der Waals surface area contributed by atoms with Crippen molar-refractivity contribution in [3.05, 3.63) is 21.8 Å². The van der Waals surface area contributed by atoms with Crippen LogP contribution >= 0.6 is 27.5 Å². The van der Waals surface area contributed by atoms with Crippen LogP contribution in [0.15, 0.2) is 16.7 Å². The minimum Gasteiger partial charge on any atom is -0.351 e. The zero-order valence-corrected chi connectivity index (χ0v) is 13.3. The SMILES string of the molecule is Clc1cc(Br)cnc1N1CCCCC1CNC1CC1. The largest absolute Gasteiger partial charge is 0.351 e. The van der Waals surface area contributed by atoms with Gasteiger partial charge in [-0.1, -0.05) is 11.6 Å². The van der Waals surface area contributed by atoms with Crippen LogP contribution in [0, 0.1) is 0 Å². The van der Waals surface area contributed by atoms with Crippen molar-refractivity contribution in [1.29, 1.82) is 0 Å². The molecule has 3 nitrogen and oxygen atoms in total. The third kappa shape index (κ3) is 3.41. The van der Waals surface area contributed by atoms with Crippen LogP contribution in [0.4, 0.5) is 5.82 Å². The normalized spacial score (nSPS) is 23.7. The smallest absolute Gasteiger partial charge is 0.147 e. The van der Waals surface area contributed by atoms with Crippen LogP contribution in [-0.2, 0) is 0 Å². The van der Waals surface area contributed by atoms with E-state index in [4.69, 9.17) is 11.6 Å². The lowest BCUT2D eigenvalue weighted by Crippen LogP contribution is -2.46. The van der Waals surface area contributed by atoms with Gasteiger partial charge in [-0.2, -0.15) is 0 Å². The van der Waals surface area contributed by atoms with Gasteiger partial charge >= 0.3 is 0 Å². The Kier molecular flexibility index (Phi) is 4.30.